The highest BCUT2D eigenvalue weighted by atomic mass is 16.3. The van der Waals surface area contributed by atoms with Gasteiger partial charge in [0.1, 0.15) is 0 Å². The quantitative estimate of drug-likeness (QED) is 0.201. The first-order valence-electron chi connectivity index (χ1n) is 11.3. The van der Waals surface area contributed by atoms with E-state index in [1.807, 2.05) is 54.6 Å². The number of Topliss-reactive ketones (excluding diaryl/α,β-unsaturated/α-hetero) is 1. The first-order chi connectivity index (χ1) is 15.2. The van der Waals surface area contributed by atoms with Crippen molar-refractivity contribution < 1.29 is 14.7 Å². The molecule has 0 radical (unpaired) electrons. The lowest BCUT2D eigenvalue weighted by molar-refractivity contribution is -0.117. The molecule has 1 aromatic heterocycles. The van der Waals surface area contributed by atoms with Gasteiger partial charge in [-0.05, 0) is 24.5 Å². The number of carbonyl (C=O) groups is 2. The average molecular weight is 421 g/mol. The first kappa shape index (κ1) is 22.8. The standard InChI is InChI=1S/C26H32N2O3/c29-19-13-6-4-2-1-3-5-12-18-27-26(31)25(30)23-21-16-10-11-17-22(21)28-24(23)20-14-8-7-9-15-20/h7-11,14-17,28-29H,1-6,12-13,18-19H2,(H,27,31). The van der Waals surface area contributed by atoms with Gasteiger partial charge in [0.05, 0.1) is 11.3 Å². The monoisotopic (exact) mass is 420 g/mol. The number of aliphatic hydroxyl groups is 1. The van der Waals surface area contributed by atoms with Crippen LogP contribution in [-0.2, 0) is 4.79 Å². The summed E-state index contributed by atoms with van der Waals surface area (Å²) >= 11 is 0. The van der Waals surface area contributed by atoms with E-state index in [-0.39, 0.29) is 6.61 Å². The number of amides is 1. The molecular formula is C26H32N2O3. The van der Waals surface area contributed by atoms with E-state index in [9.17, 15) is 9.59 Å². The lowest BCUT2D eigenvalue weighted by Gasteiger charge is -2.07. The number of hydrogen-bond donors (Lipinski definition) is 3. The molecule has 0 bridgehead atoms. The van der Waals surface area contributed by atoms with Gasteiger partial charge in [-0.1, -0.05) is 87.1 Å². The summed E-state index contributed by atoms with van der Waals surface area (Å²) in [5, 5.41) is 12.3. The van der Waals surface area contributed by atoms with Gasteiger partial charge in [0.25, 0.3) is 11.7 Å². The van der Waals surface area contributed by atoms with Crippen LogP contribution < -0.4 is 5.32 Å². The Labute approximate surface area is 183 Å². The molecule has 0 aliphatic heterocycles. The van der Waals surface area contributed by atoms with Crippen LogP contribution in [0.1, 0.15) is 61.7 Å². The molecule has 3 rings (SSSR count). The highest BCUT2D eigenvalue weighted by Gasteiger charge is 2.24. The van der Waals surface area contributed by atoms with E-state index in [2.05, 4.69) is 10.3 Å². The van der Waals surface area contributed by atoms with Gasteiger partial charge in [-0.15, -0.1) is 0 Å². The minimum Gasteiger partial charge on any atom is -0.396 e. The molecule has 1 amide bonds. The Morgan fingerprint density at radius 1 is 0.774 bits per heavy atom. The molecule has 0 saturated carbocycles. The number of aromatic nitrogens is 1. The van der Waals surface area contributed by atoms with Crippen molar-refractivity contribution in [1.82, 2.24) is 10.3 Å². The molecule has 0 fully saturated rings. The third-order valence-corrected chi connectivity index (χ3v) is 5.57. The number of fused-ring (bicyclic) bond motifs is 1. The van der Waals surface area contributed by atoms with Crippen LogP contribution in [0, 0.1) is 0 Å². The molecule has 164 valence electrons. The van der Waals surface area contributed by atoms with E-state index < -0.39 is 11.7 Å². The van der Waals surface area contributed by atoms with Crippen molar-refractivity contribution in [2.75, 3.05) is 13.2 Å². The van der Waals surface area contributed by atoms with Crippen LogP contribution in [0.4, 0.5) is 0 Å². The summed E-state index contributed by atoms with van der Waals surface area (Å²) in [5.74, 6) is -1.05. The summed E-state index contributed by atoms with van der Waals surface area (Å²) in [6.07, 6.45) is 8.55. The van der Waals surface area contributed by atoms with Crippen LogP contribution >= 0.6 is 0 Å². The van der Waals surface area contributed by atoms with Gasteiger partial charge in [0.2, 0.25) is 0 Å². The van der Waals surface area contributed by atoms with E-state index >= 15 is 0 Å². The Balaban J connectivity index is 1.55. The highest BCUT2D eigenvalue weighted by molar-refractivity contribution is 6.46. The fraction of sp³-hybridized carbons (Fsp3) is 0.385. The molecule has 5 nitrogen and oxygen atoms in total. The van der Waals surface area contributed by atoms with Crippen molar-refractivity contribution in [3.05, 3.63) is 60.2 Å². The molecule has 0 unspecified atom stereocenters. The largest absolute Gasteiger partial charge is 0.396 e. The molecule has 0 aliphatic carbocycles. The number of hydrogen-bond acceptors (Lipinski definition) is 3. The maximum atomic E-state index is 13.1. The molecule has 1 heterocycles. The number of benzene rings is 2. The summed E-state index contributed by atoms with van der Waals surface area (Å²) in [4.78, 5) is 29.0. The van der Waals surface area contributed by atoms with E-state index in [0.29, 0.717) is 17.8 Å². The zero-order chi connectivity index (χ0) is 21.9. The second-order valence-corrected chi connectivity index (χ2v) is 7.92. The van der Waals surface area contributed by atoms with Crippen LogP contribution in [0.2, 0.25) is 0 Å². The van der Waals surface area contributed by atoms with Crippen LogP contribution in [0.25, 0.3) is 22.2 Å². The normalized spacial score (nSPS) is 11.0. The smallest absolute Gasteiger partial charge is 0.292 e. The third kappa shape index (κ3) is 6.28. The summed E-state index contributed by atoms with van der Waals surface area (Å²) in [6.45, 7) is 0.794. The van der Waals surface area contributed by atoms with E-state index in [1.165, 1.54) is 19.3 Å². The predicted molar refractivity (Wildman–Crippen MR) is 125 cm³/mol. The van der Waals surface area contributed by atoms with Gasteiger partial charge in [-0.25, -0.2) is 0 Å². The Morgan fingerprint density at radius 3 is 2.10 bits per heavy atom. The summed E-state index contributed by atoms with van der Waals surface area (Å²) in [6, 6.07) is 17.2. The molecule has 5 heteroatoms. The fourth-order valence-corrected chi connectivity index (χ4v) is 3.89. The maximum absolute atomic E-state index is 13.1. The van der Waals surface area contributed by atoms with Crippen molar-refractivity contribution in [1.29, 1.82) is 0 Å². The maximum Gasteiger partial charge on any atom is 0.292 e. The second-order valence-electron chi connectivity index (χ2n) is 7.92. The van der Waals surface area contributed by atoms with Gasteiger partial charge in [0.15, 0.2) is 0 Å². The topological polar surface area (TPSA) is 82.2 Å². The zero-order valence-electron chi connectivity index (χ0n) is 18.0. The zero-order valence-corrected chi connectivity index (χ0v) is 18.0. The van der Waals surface area contributed by atoms with Crippen molar-refractivity contribution in [2.45, 2.75) is 51.4 Å². The van der Waals surface area contributed by atoms with E-state index in [4.69, 9.17) is 5.11 Å². The van der Waals surface area contributed by atoms with Crippen LogP contribution in [0.5, 0.6) is 0 Å². The fourth-order valence-electron chi connectivity index (χ4n) is 3.89. The van der Waals surface area contributed by atoms with Crippen molar-refractivity contribution in [3.8, 4) is 11.3 Å². The second kappa shape index (κ2) is 12.1. The lowest BCUT2D eigenvalue weighted by Crippen LogP contribution is -2.32. The minimum absolute atomic E-state index is 0.282. The Hall–Kier alpha value is -2.92. The molecule has 2 aromatic carbocycles. The molecular weight excluding hydrogens is 388 g/mol. The molecule has 3 aromatic rings. The molecule has 0 saturated heterocycles. The van der Waals surface area contributed by atoms with Gasteiger partial charge < -0.3 is 15.4 Å². The lowest BCUT2D eigenvalue weighted by atomic mass is 10.0. The number of aromatic amines is 1. The highest BCUT2D eigenvalue weighted by Crippen LogP contribution is 2.30. The van der Waals surface area contributed by atoms with Gasteiger partial charge in [0, 0.05) is 24.1 Å². The summed E-state index contributed by atoms with van der Waals surface area (Å²) in [7, 11) is 0. The number of aliphatic hydroxyl groups excluding tert-OH is 1. The average Bonchev–Trinajstić information content (AvgIpc) is 3.20. The Bertz CT molecular complexity index is 979. The van der Waals surface area contributed by atoms with Crippen LogP contribution in [0.15, 0.2) is 54.6 Å². The predicted octanol–water partition coefficient (Wildman–Crippen LogP) is 5.25. The number of para-hydroxylation sites is 1. The van der Waals surface area contributed by atoms with Crippen molar-refractivity contribution >= 4 is 22.6 Å². The molecule has 0 spiro atoms. The SMILES string of the molecule is O=C(NCCCCCCCCCCO)C(=O)c1c(-c2ccccc2)[nH]c2ccccc12. The Kier molecular flexibility index (Phi) is 8.85. The first-order valence-corrected chi connectivity index (χ1v) is 11.3. The Morgan fingerprint density at radius 2 is 1.39 bits per heavy atom. The summed E-state index contributed by atoms with van der Waals surface area (Å²) < 4.78 is 0. The summed E-state index contributed by atoms with van der Waals surface area (Å²) in [5.41, 5.74) is 2.84. The van der Waals surface area contributed by atoms with Crippen LogP contribution in [-0.4, -0.2) is 34.9 Å². The van der Waals surface area contributed by atoms with Crippen molar-refractivity contribution in [2.24, 2.45) is 0 Å². The van der Waals surface area contributed by atoms with Crippen molar-refractivity contribution in [3.63, 3.8) is 0 Å². The molecule has 3 N–H and O–H groups in total. The van der Waals surface area contributed by atoms with Gasteiger partial charge in [-0.3, -0.25) is 9.59 Å². The molecule has 0 aliphatic rings. The van der Waals surface area contributed by atoms with Gasteiger partial charge in [-0.2, -0.15) is 0 Å². The number of unbranched alkanes of at least 4 members (excludes halogenated alkanes) is 7. The number of H-pyrrole nitrogens is 1. The van der Waals surface area contributed by atoms with E-state index in [1.54, 1.807) is 0 Å². The van der Waals surface area contributed by atoms with E-state index in [0.717, 1.165) is 48.6 Å². The number of ketones is 1. The number of carbonyl (C=O) groups excluding carboxylic acids is 2. The minimum atomic E-state index is -0.550. The number of rotatable bonds is 13. The van der Waals surface area contributed by atoms with Crippen LogP contribution in [0.3, 0.4) is 0 Å². The third-order valence-electron chi connectivity index (χ3n) is 5.57. The molecule has 0 atom stereocenters. The molecule has 31 heavy (non-hydrogen) atoms. The van der Waals surface area contributed by atoms with Gasteiger partial charge >= 0.3 is 0 Å². The number of nitrogens with one attached hydrogen (secondary N) is 2.